The number of hydrogen-bond acceptors (Lipinski definition) is 2. The molecule has 0 amide bonds. The number of nitrogens with one attached hydrogen (secondary N) is 1. The highest BCUT2D eigenvalue weighted by molar-refractivity contribution is 5.59. The van der Waals surface area contributed by atoms with Crippen LogP contribution >= 0.6 is 0 Å². The van der Waals surface area contributed by atoms with E-state index in [1.807, 2.05) is 0 Å². The Hall–Kier alpha value is -1.18. The van der Waals surface area contributed by atoms with E-state index in [1.165, 1.54) is 37.7 Å². The van der Waals surface area contributed by atoms with Gasteiger partial charge in [0.1, 0.15) is 11.9 Å². The summed E-state index contributed by atoms with van der Waals surface area (Å²) >= 11 is 0. The molecule has 1 aliphatic heterocycles. The highest BCUT2D eigenvalue weighted by Gasteiger charge is 2.24. The van der Waals surface area contributed by atoms with Gasteiger partial charge in [-0.1, -0.05) is 31.7 Å². The fourth-order valence-corrected chi connectivity index (χ4v) is 3.08. The summed E-state index contributed by atoms with van der Waals surface area (Å²) in [4.78, 5) is 0. The van der Waals surface area contributed by atoms with Gasteiger partial charge in [0.2, 0.25) is 0 Å². The molecule has 1 fully saturated rings. The second-order valence-electron chi connectivity index (χ2n) is 5.51. The summed E-state index contributed by atoms with van der Waals surface area (Å²) < 4.78 is 6.09. The topological polar surface area (TPSA) is 21.3 Å². The molecule has 2 nitrogen and oxygen atoms in total. The van der Waals surface area contributed by atoms with Crippen molar-refractivity contribution in [1.29, 1.82) is 0 Å². The van der Waals surface area contributed by atoms with Crippen LogP contribution in [0.1, 0.15) is 37.7 Å². The Morgan fingerprint density at radius 3 is 2.94 bits per heavy atom. The number of aryl methyl sites for hydroxylation is 1. The van der Waals surface area contributed by atoms with Crippen LogP contribution in [0.3, 0.4) is 0 Å². The Balaban J connectivity index is 1.65. The molecule has 1 atom stereocenters. The largest absolute Gasteiger partial charge is 0.486 e. The fourth-order valence-electron chi connectivity index (χ4n) is 3.08. The maximum Gasteiger partial charge on any atom is 0.142 e. The third-order valence-electron chi connectivity index (χ3n) is 4.02. The molecule has 1 aromatic rings. The average molecular weight is 231 g/mol. The fraction of sp³-hybridized carbons (Fsp3) is 0.600. The normalized spacial score (nSPS) is 23.9. The van der Waals surface area contributed by atoms with Gasteiger partial charge in [-0.2, -0.15) is 0 Å². The monoisotopic (exact) mass is 231 g/mol. The van der Waals surface area contributed by atoms with Crippen molar-refractivity contribution in [3.05, 3.63) is 23.8 Å². The minimum atomic E-state index is 0.369. The van der Waals surface area contributed by atoms with Crippen LogP contribution in [0.4, 0.5) is 5.69 Å². The summed E-state index contributed by atoms with van der Waals surface area (Å²) in [5.41, 5.74) is 2.45. The van der Waals surface area contributed by atoms with Crippen molar-refractivity contribution in [1.82, 2.24) is 0 Å². The minimum Gasteiger partial charge on any atom is -0.486 e. The lowest BCUT2D eigenvalue weighted by Gasteiger charge is -2.29. The average Bonchev–Trinajstić information content (AvgIpc) is 2.82. The number of benzene rings is 1. The van der Waals surface area contributed by atoms with Crippen LogP contribution in [0.15, 0.2) is 18.2 Å². The van der Waals surface area contributed by atoms with E-state index in [1.54, 1.807) is 0 Å². The van der Waals surface area contributed by atoms with Crippen LogP contribution in [-0.4, -0.2) is 12.6 Å². The minimum absolute atomic E-state index is 0.369. The lowest BCUT2D eigenvalue weighted by Crippen LogP contribution is -2.32. The molecule has 3 rings (SSSR count). The first-order valence-corrected chi connectivity index (χ1v) is 6.82. The highest BCUT2D eigenvalue weighted by Crippen LogP contribution is 2.34. The molecule has 1 heterocycles. The third kappa shape index (κ3) is 2.41. The maximum absolute atomic E-state index is 6.09. The molecule has 17 heavy (non-hydrogen) atoms. The Morgan fingerprint density at radius 2 is 2.12 bits per heavy atom. The third-order valence-corrected chi connectivity index (χ3v) is 4.02. The molecule has 1 aliphatic carbocycles. The number of fused-ring (bicyclic) bond motifs is 1. The zero-order valence-corrected chi connectivity index (χ0v) is 10.5. The van der Waals surface area contributed by atoms with Crippen LogP contribution < -0.4 is 10.1 Å². The molecule has 1 unspecified atom stereocenters. The van der Waals surface area contributed by atoms with Gasteiger partial charge in [0.15, 0.2) is 0 Å². The summed E-state index contributed by atoms with van der Waals surface area (Å²) in [5, 5.41) is 3.50. The molecule has 0 spiro atoms. The molecule has 0 bridgehead atoms. The number of rotatable bonds is 2. The van der Waals surface area contributed by atoms with Gasteiger partial charge in [-0.25, -0.2) is 0 Å². The van der Waals surface area contributed by atoms with E-state index in [0.29, 0.717) is 6.10 Å². The van der Waals surface area contributed by atoms with E-state index in [-0.39, 0.29) is 0 Å². The SMILES string of the molecule is Cc1ccc2c(c1)NCC(CC1CCCC1)O2. The van der Waals surface area contributed by atoms with E-state index in [0.717, 1.165) is 23.9 Å². The van der Waals surface area contributed by atoms with E-state index in [2.05, 4.69) is 30.4 Å². The molecule has 1 saturated carbocycles. The summed E-state index contributed by atoms with van der Waals surface area (Å²) in [6.07, 6.45) is 7.23. The molecule has 92 valence electrons. The molecule has 0 aromatic heterocycles. The van der Waals surface area contributed by atoms with Crippen LogP contribution in [0.25, 0.3) is 0 Å². The molecule has 2 heteroatoms. The summed E-state index contributed by atoms with van der Waals surface area (Å²) in [7, 11) is 0. The van der Waals surface area contributed by atoms with Crippen LogP contribution in [0, 0.1) is 12.8 Å². The van der Waals surface area contributed by atoms with Gasteiger partial charge < -0.3 is 10.1 Å². The van der Waals surface area contributed by atoms with E-state index < -0.39 is 0 Å². The zero-order valence-electron chi connectivity index (χ0n) is 10.5. The summed E-state index contributed by atoms with van der Waals surface area (Å²) in [6, 6.07) is 6.39. The van der Waals surface area contributed by atoms with Crippen LogP contribution in [0.5, 0.6) is 5.75 Å². The Labute approximate surface area is 103 Å². The number of hydrogen-bond donors (Lipinski definition) is 1. The first-order chi connectivity index (χ1) is 8.31. The second kappa shape index (κ2) is 4.59. The Kier molecular flexibility index (Phi) is 2.96. The molecule has 1 aromatic carbocycles. The van der Waals surface area contributed by atoms with Gasteiger partial charge in [-0.05, 0) is 37.0 Å². The van der Waals surface area contributed by atoms with Gasteiger partial charge >= 0.3 is 0 Å². The Bertz CT molecular complexity index is 396. The van der Waals surface area contributed by atoms with Gasteiger partial charge in [-0.3, -0.25) is 0 Å². The van der Waals surface area contributed by atoms with Crippen molar-refractivity contribution in [2.24, 2.45) is 5.92 Å². The highest BCUT2D eigenvalue weighted by atomic mass is 16.5. The first-order valence-electron chi connectivity index (χ1n) is 6.82. The predicted octanol–water partition coefficient (Wildman–Crippen LogP) is 3.75. The van der Waals surface area contributed by atoms with E-state index in [9.17, 15) is 0 Å². The second-order valence-corrected chi connectivity index (χ2v) is 5.51. The lowest BCUT2D eigenvalue weighted by molar-refractivity contribution is 0.172. The smallest absolute Gasteiger partial charge is 0.142 e. The van der Waals surface area contributed by atoms with Gasteiger partial charge in [0.05, 0.1) is 12.2 Å². The maximum atomic E-state index is 6.09. The van der Waals surface area contributed by atoms with E-state index in [4.69, 9.17) is 4.74 Å². The standard InChI is InChI=1S/C15H21NO/c1-11-6-7-15-14(8-11)16-10-13(17-15)9-12-4-2-3-5-12/h6-8,12-13,16H,2-5,9-10H2,1H3. The van der Waals surface area contributed by atoms with Crippen LogP contribution in [0.2, 0.25) is 0 Å². The number of ether oxygens (including phenoxy) is 1. The molecule has 2 aliphatic rings. The van der Waals surface area contributed by atoms with Gasteiger partial charge in [0, 0.05) is 0 Å². The zero-order chi connectivity index (χ0) is 11.7. The molecule has 1 N–H and O–H groups in total. The quantitative estimate of drug-likeness (QED) is 0.837. The molecule has 0 saturated heterocycles. The van der Waals surface area contributed by atoms with Gasteiger partial charge in [-0.15, -0.1) is 0 Å². The van der Waals surface area contributed by atoms with Crippen LogP contribution in [-0.2, 0) is 0 Å². The lowest BCUT2D eigenvalue weighted by atomic mass is 9.99. The molecular formula is C15H21NO. The Morgan fingerprint density at radius 1 is 1.29 bits per heavy atom. The van der Waals surface area contributed by atoms with E-state index >= 15 is 0 Å². The van der Waals surface area contributed by atoms with Crippen molar-refractivity contribution in [2.75, 3.05) is 11.9 Å². The molecular weight excluding hydrogens is 210 g/mol. The first kappa shape index (κ1) is 10.9. The van der Waals surface area contributed by atoms with Gasteiger partial charge in [0.25, 0.3) is 0 Å². The summed E-state index contributed by atoms with van der Waals surface area (Å²) in [5.74, 6) is 1.93. The van der Waals surface area contributed by atoms with Crippen molar-refractivity contribution in [3.8, 4) is 5.75 Å². The van der Waals surface area contributed by atoms with Crippen molar-refractivity contribution < 1.29 is 4.74 Å². The van der Waals surface area contributed by atoms with Crippen molar-refractivity contribution in [2.45, 2.75) is 45.1 Å². The predicted molar refractivity (Wildman–Crippen MR) is 70.7 cm³/mol. The number of anilines is 1. The molecule has 0 radical (unpaired) electrons. The summed E-state index contributed by atoms with van der Waals surface area (Å²) in [6.45, 7) is 3.08. The van der Waals surface area contributed by atoms with Crippen molar-refractivity contribution >= 4 is 5.69 Å². The van der Waals surface area contributed by atoms with Crippen molar-refractivity contribution in [3.63, 3.8) is 0 Å².